The van der Waals surface area contributed by atoms with Crippen LogP contribution in [0, 0.1) is 18.3 Å². The number of hydrogen-bond acceptors (Lipinski definition) is 5. The zero-order valence-electron chi connectivity index (χ0n) is 19.0. The van der Waals surface area contributed by atoms with Crippen LogP contribution in [0.4, 0.5) is 5.69 Å². The van der Waals surface area contributed by atoms with Crippen molar-refractivity contribution in [1.29, 1.82) is 5.26 Å². The molecule has 5 rings (SSSR count). The van der Waals surface area contributed by atoms with Crippen molar-refractivity contribution in [3.8, 4) is 11.8 Å². The zero-order valence-corrected chi connectivity index (χ0v) is 19.8. The molecule has 2 aliphatic heterocycles. The average Bonchev–Trinajstić information content (AvgIpc) is 2.89. The number of nitrogens with zero attached hydrogens (tertiary/aromatic N) is 3. The number of fused-ring (bicyclic) bond motifs is 1. The summed E-state index contributed by atoms with van der Waals surface area (Å²) in [6.45, 7) is 3.03. The molecule has 0 aliphatic carbocycles. The highest BCUT2D eigenvalue weighted by Crippen LogP contribution is 2.43. The van der Waals surface area contributed by atoms with Crippen molar-refractivity contribution >= 4 is 23.4 Å². The van der Waals surface area contributed by atoms with Crippen LogP contribution in [0.15, 0.2) is 89.5 Å². The molecule has 0 radical (unpaired) electrons. The second kappa shape index (κ2) is 9.66. The number of nitriles is 1. The lowest BCUT2D eigenvalue weighted by atomic mass is 9.86. The van der Waals surface area contributed by atoms with Gasteiger partial charge in [0.15, 0.2) is 0 Å². The lowest BCUT2D eigenvalue weighted by Crippen LogP contribution is -2.47. The molecule has 0 aromatic heterocycles. The van der Waals surface area contributed by atoms with Gasteiger partial charge in [0.25, 0.3) is 0 Å². The first kappa shape index (κ1) is 22.1. The van der Waals surface area contributed by atoms with E-state index in [9.17, 15) is 10.1 Å². The van der Waals surface area contributed by atoms with Crippen LogP contribution in [0.1, 0.15) is 29.0 Å². The fourth-order valence-corrected chi connectivity index (χ4v) is 5.47. The molecule has 2 aliphatic rings. The van der Waals surface area contributed by atoms with Gasteiger partial charge >= 0.3 is 0 Å². The summed E-state index contributed by atoms with van der Waals surface area (Å²) in [7, 11) is 0. The van der Waals surface area contributed by atoms with Crippen molar-refractivity contribution in [1.82, 2.24) is 4.90 Å². The summed E-state index contributed by atoms with van der Waals surface area (Å²) in [5, 5.41) is 10.8. The van der Waals surface area contributed by atoms with E-state index in [1.54, 1.807) is 16.7 Å². The molecule has 0 spiro atoms. The van der Waals surface area contributed by atoms with Gasteiger partial charge in [0, 0.05) is 18.0 Å². The minimum atomic E-state index is -0.231. The van der Waals surface area contributed by atoms with Crippen molar-refractivity contribution in [2.75, 3.05) is 17.4 Å². The first-order valence-electron chi connectivity index (χ1n) is 11.3. The number of thioether (sulfide) groups is 1. The highest BCUT2D eigenvalue weighted by molar-refractivity contribution is 8.03. The topological polar surface area (TPSA) is 56.6 Å². The lowest BCUT2D eigenvalue weighted by Gasteiger charge is -2.42. The SMILES string of the molecule is Cc1ccc(N2CSC3=C(C#N)[C@@H](c4ccc(OCc5ccccc5)cc4)CC(=O)N3C2)cc1. The standard InChI is InChI=1S/C28H25N3O2S/c1-20-7-11-23(12-8-20)30-18-31-27(32)15-25(26(16-29)28(31)34-19-30)22-9-13-24(14-10-22)33-17-21-5-3-2-4-6-21/h2-14,25H,15,17-19H2,1H3/t25-/m1/s1. The summed E-state index contributed by atoms with van der Waals surface area (Å²) in [6.07, 6.45) is 0.291. The summed E-state index contributed by atoms with van der Waals surface area (Å²) in [4.78, 5) is 17.1. The van der Waals surface area contributed by atoms with Crippen LogP contribution in [0.2, 0.25) is 0 Å². The van der Waals surface area contributed by atoms with Crippen molar-refractivity contribution in [3.05, 3.63) is 106 Å². The predicted octanol–water partition coefficient (Wildman–Crippen LogP) is 5.79. The summed E-state index contributed by atoms with van der Waals surface area (Å²) in [5.41, 5.74) is 5.03. The van der Waals surface area contributed by atoms with E-state index in [0.717, 1.165) is 27.6 Å². The smallest absolute Gasteiger partial charge is 0.229 e. The van der Waals surface area contributed by atoms with Gasteiger partial charge in [-0.25, -0.2) is 0 Å². The molecule has 0 bridgehead atoms. The third-order valence-corrected chi connectivity index (χ3v) is 7.38. The highest BCUT2D eigenvalue weighted by Gasteiger charge is 2.38. The maximum Gasteiger partial charge on any atom is 0.229 e. The van der Waals surface area contributed by atoms with Gasteiger partial charge < -0.3 is 9.64 Å². The Hall–Kier alpha value is -3.69. The summed E-state index contributed by atoms with van der Waals surface area (Å²) in [6, 6.07) is 28.5. The molecule has 1 amide bonds. The van der Waals surface area contributed by atoms with E-state index in [-0.39, 0.29) is 11.8 Å². The Morgan fingerprint density at radius 1 is 1.03 bits per heavy atom. The number of hydrogen-bond donors (Lipinski definition) is 0. The van der Waals surface area contributed by atoms with Crippen molar-refractivity contribution in [2.24, 2.45) is 0 Å². The maximum absolute atomic E-state index is 13.1. The number of ether oxygens (including phenoxy) is 1. The highest BCUT2D eigenvalue weighted by atomic mass is 32.2. The Morgan fingerprint density at radius 2 is 1.76 bits per heavy atom. The van der Waals surface area contributed by atoms with Crippen LogP contribution in [0.5, 0.6) is 5.75 Å². The molecule has 2 heterocycles. The van der Waals surface area contributed by atoms with Gasteiger partial charge in [0.1, 0.15) is 12.4 Å². The molecule has 0 unspecified atom stereocenters. The quantitative estimate of drug-likeness (QED) is 0.475. The van der Waals surface area contributed by atoms with Gasteiger partial charge in [-0.15, -0.1) is 0 Å². The first-order valence-corrected chi connectivity index (χ1v) is 12.3. The number of allylic oxidation sites excluding steroid dienone is 1. The molecule has 1 saturated heterocycles. The van der Waals surface area contributed by atoms with Crippen molar-refractivity contribution in [2.45, 2.75) is 25.9 Å². The molecule has 5 nitrogen and oxygen atoms in total. The van der Waals surface area contributed by atoms with Gasteiger partial charge in [-0.1, -0.05) is 71.9 Å². The molecule has 34 heavy (non-hydrogen) atoms. The molecule has 1 fully saturated rings. The number of anilines is 1. The van der Waals surface area contributed by atoms with Gasteiger partial charge in [-0.3, -0.25) is 9.69 Å². The molecule has 170 valence electrons. The lowest BCUT2D eigenvalue weighted by molar-refractivity contribution is -0.129. The number of carbonyl (C=O) groups is 1. The van der Waals surface area contributed by atoms with E-state index in [1.807, 2.05) is 54.6 Å². The van der Waals surface area contributed by atoms with Crippen LogP contribution in [-0.4, -0.2) is 23.4 Å². The van der Waals surface area contributed by atoms with Gasteiger partial charge in [0.05, 0.1) is 29.2 Å². The molecule has 3 aromatic carbocycles. The van der Waals surface area contributed by atoms with Crippen LogP contribution < -0.4 is 9.64 Å². The monoisotopic (exact) mass is 467 g/mol. The van der Waals surface area contributed by atoms with Crippen LogP contribution in [0.25, 0.3) is 0 Å². The minimum Gasteiger partial charge on any atom is -0.489 e. The summed E-state index contributed by atoms with van der Waals surface area (Å²) < 4.78 is 5.89. The Kier molecular flexibility index (Phi) is 6.29. The van der Waals surface area contributed by atoms with Gasteiger partial charge in [-0.05, 0) is 42.3 Å². The van der Waals surface area contributed by atoms with Gasteiger partial charge in [-0.2, -0.15) is 5.26 Å². The van der Waals surface area contributed by atoms with Crippen molar-refractivity contribution in [3.63, 3.8) is 0 Å². The van der Waals surface area contributed by atoms with E-state index >= 15 is 0 Å². The number of carbonyl (C=O) groups excluding carboxylic acids is 1. The molecule has 3 aromatic rings. The van der Waals surface area contributed by atoms with E-state index in [2.05, 4.69) is 42.2 Å². The summed E-state index contributed by atoms with van der Waals surface area (Å²) in [5.74, 6) is 1.29. The van der Waals surface area contributed by atoms with E-state index in [1.165, 1.54) is 5.56 Å². The minimum absolute atomic E-state index is 0.0488. The molecule has 1 atom stereocenters. The number of aryl methyl sites for hydroxylation is 1. The summed E-state index contributed by atoms with van der Waals surface area (Å²) >= 11 is 1.56. The fourth-order valence-electron chi connectivity index (χ4n) is 4.30. The molecular formula is C28H25N3O2S. The van der Waals surface area contributed by atoms with Crippen LogP contribution >= 0.6 is 11.8 Å². The van der Waals surface area contributed by atoms with Crippen molar-refractivity contribution < 1.29 is 9.53 Å². The normalized spacial score (nSPS) is 17.9. The maximum atomic E-state index is 13.1. The molecule has 0 saturated carbocycles. The Balaban J connectivity index is 1.33. The number of benzene rings is 3. The van der Waals surface area contributed by atoms with Crippen LogP contribution in [0.3, 0.4) is 0 Å². The first-order chi connectivity index (χ1) is 16.6. The van der Waals surface area contributed by atoms with Crippen LogP contribution in [-0.2, 0) is 11.4 Å². The Bertz CT molecular complexity index is 1250. The zero-order chi connectivity index (χ0) is 23.5. The van der Waals surface area contributed by atoms with E-state index < -0.39 is 0 Å². The molecule has 0 N–H and O–H groups in total. The Labute approximate surface area is 204 Å². The predicted molar refractivity (Wildman–Crippen MR) is 135 cm³/mol. The third-order valence-electron chi connectivity index (χ3n) is 6.22. The largest absolute Gasteiger partial charge is 0.489 e. The molecular weight excluding hydrogens is 442 g/mol. The Morgan fingerprint density at radius 3 is 2.47 bits per heavy atom. The third kappa shape index (κ3) is 4.52. The van der Waals surface area contributed by atoms with E-state index in [4.69, 9.17) is 4.74 Å². The van der Waals surface area contributed by atoms with Gasteiger partial charge in [0.2, 0.25) is 5.91 Å². The average molecular weight is 468 g/mol. The number of rotatable bonds is 5. The second-order valence-electron chi connectivity index (χ2n) is 8.54. The molecule has 6 heteroatoms. The number of amides is 1. The second-order valence-corrected chi connectivity index (χ2v) is 9.48. The fraction of sp³-hybridized carbons (Fsp3) is 0.214. The van der Waals surface area contributed by atoms with E-state index in [0.29, 0.717) is 31.1 Å².